The zero-order chi connectivity index (χ0) is 14.9. The van der Waals surface area contributed by atoms with Crippen LogP contribution in [0.15, 0.2) is 5.03 Å². The van der Waals surface area contributed by atoms with Crippen LogP contribution in [0, 0.1) is 18.3 Å². The molecule has 0 atom stereocenters. The van der Waals surface area contributed by atoms with Crippen LogP contribution in [0.5, 0.6) is 5.88 Å². The molecule has 0 saturated heterocycles. The first-order valence-electron chi connectivity index (χ1n) is 5.78. The number of hydrogen-bond donors (Lipinski definition) is 1. The van der Waals surface area contributed by atoms with Gasteiger partial charge in [-0.2, -0.15) is 14.9 Å². The predicted octanol–water partition coefficient (Wildman–Crippen LogP) is 1.51. The average molecular weight is 292 g/mol. The molecular weight excluding hydrogens is 280 g/mol. The Morgan fingerprint density at radius 1 is 1.60 bits per heavy atom. The Bertz CT molecular complexity index is 733. The minimum Gasteiger partial charge on any atom is -0.493 e. The zero-order valence-electron chi connectivity index (χ0n) is 11.2. The lowest BCUT2D eigenvalue weighted by atomic mass is 10.2. The number of thioether (sulfide) groups is 1. The molecule has 0 bridgehead atoms. The molecule has 2 aromatic heterocycles. The van der Waals surface area contributed by atoms with Crippen LogP contribution in [-0.2, 0) is 4.74 Å². The van der Waals surface area contributed by atoms with Crippen molar-refractivity contribution in [2.45, 2.75) is 18.9 Å². The molecule has 0 amide bonds. The second kappa shape index (κ2) is 5.38. The molecule has 0 aliphatic carbocycles. The molecule has 0 spiro atoms. The first-order chi connectivity index (χ1) is 9.54. The van der Waals surface area contributed by atoms with Crippen molar-refractivity contribution >= 4 is 23.4 Å². The van der Waals surface area contributed by atoms with Crippen LogP contribution < -0.4 is 0 Å². The number of nitriles is 1. The summed E-state index contributed by atoms with van der Waals surface area (Å²) in [4.78, 5) is 15.9. The van der Waals surface area contributed by atoms with Gasteiger partial charge in [-0.3, -0.25) is 0 Å². The highest BCUT2D eigenvalue weighted by Crippen LogP contribution is 2.27. The summed E-state index contributed by atoms with van der Waals surface area (Å²) in [6.45, 7) is 3.42. The van der Waals surface area contributed by atoms with Crippen LogP contribution in [0.1, 0.15) is 28.5 Å². The van der Waals surface area contributed by atoms with Crippen molar-refractivity contribution in [3.05, 3.63) is 16.8 Å². The van der Waals surface area contributed by atoms with Crippen LogP contribution in [0.3, 0.4) is 0 Å². The minimum atomic E-state index is -0.640. The van der Waals surface area contributed by atoms with E-state index in [0.29, 0.717) is 5.03 Å². The lowest BCUT2D eigenvalue weighted by molar-refractivity contribution is 0.0518. The van der Waals surface area contributed by atoms with Crippen molar-refractivity contribution in [1.82, 2.24) is 14.6 Å². The van der Waals surface area contributed by atoms with Crippen molar-refractivity contribution in [3.8, 4) is 11.9 Å². The van der Waals surface area contributed by atoms with Gasteiger partial charge in [-0.1, -0.05) is 0 Å². The summed E-state index contributed by atoms with van der Waals surface area (Å²) < 4.78 is 6.04. The Morgan fingerprint density at radius 3 is 2.85 bits per heavy atom. The van der Waals surface area contributed by atoms with Crippen LogP contribution in [0.2, 0.25) is 0 Å². The highest BCUT2D eigenvalue weighted by molar-refractivity contribution is 7.98. The van der Waals surface area contributed by atoms with Crippen molar-refractivity contribution in [2.24, 2.45) is 0 Å². The number of esters is 1. The monoisotopic (exact) mass is 292 g/mol. The second-order valence-corrected chi connectivity index (χ2v) is 4.66. The van der Waals surface area contributed by atoms with Crippen molar-refractivity contribution in [1.29, 1.82) is 5.26 Å². The van der Waals surface area contributed by atoms with Crippen LogP contribution >= 0.6 is 11.8 Å². The molecule has 0 saturated carbocycles. The number of ether oxygens (including phenoxy) is 1. The van der Waals surface area contributed by atoms with Gasteiger partial charge in [0.25, 0.3) is 0 Å². The number of carbonyl (C=O) groups excluding carboxylic acids is 1. The largest absolute Gasteiger partial charge is 0.493 e. The van der Waals surface area contributed by atoms with E-state index in [0.717, 1.165) is 4.52 Å². The van der Waals surface area contributed by atoms with E-state index in [1.807, 2.05) is 6.07 Å². The van der Waals surface area contributed by atoms with Crippen molar-refractivity contribution in [2.75, 3.05) is 12.9 Å². The maximum Gasteiger partial charge on any atom is 0.357 e. The van der Waals surface area contributed by atoms with Crippen LogP contribution in [0.25, 0.3) is 5.65 Å². The highest BCUT2D eigenvalue weighted by Gasteiger charge is 2.23. The van der Waals surface area contributed by atoms with E-state index in [-0.39, 0.29) is 35.0 Å². The third-order valence-corrected chi connectivity index (χ3v) is 3.38. The summed E-state index contributed by atoms with van der Waals surface area (Å²) in [6.07, 6.45) is 1.76. The smallest absolute Gasteiger partial charge is 0.357 e. The molecule has 7 nitrogen and oxygen atoms in total. The molecule has 1 N–H and O–H groups in total. The summed E-state index contributed by atoms with van der Waals surface area (Å²) in [6, 6.07) is 1.98. The molecule has 0 radical (unpaired) electrons. The van der Waals surface area contributed by atoms with Crippen LogP contribution in [0.4, 0.5) is 0 Å². The van der Waals surface area contributed by atoms with Gasteiger partial charge in [0, 0.05) is 5.56 Å². The van der Waals surface area contributed by atoms with Crippen LogP contribution in [-0.4, -0.2) is 38.5 Å². The lowest BCUT2D eigenvalue weighted by Gasteiger charge is -2.07. The van der Waals surface area contributed by atoms with Crippen molar-refractivity contribution in [3.63, 3.8) is 0 Å². The Hall–Kier alpha value is -2.27. The van der Waals surface area contributed by atoms with E-state index in [9.17, 15) is 15.2 Å². The molecule has 0 aliphatic rings. The maximum atomic E-state index is 11.8. The third-order valence-electron chi connectivity index (χ3n) is 2.71. The first kappa shape index (κ1) is 14.1. The number of aromatic hydroxyl groups is 1. The molecule has 2 rings (SSSR count). The fraction of sp³-hybridized carbons (Fsp3) is 0.333. The third kappa shape index (κ3) is 2.06. The van der Waals surface area contributed by atoms with Gasteiger partial charge < -0.3 is 9.84 Å². The summed E-state index contributed by atoms with van der Waals surface area (Å²) in [7, 11) is 0. The van der Waals surface area contributed by atoms with E-state index in [4.69, 9.17) is 4.74 Å². The zero-order valence-corrected chi connectivity index (χ0v) is 12.0. The molecular formula is C12H12N4O3S. The summed E-state index contributed by atoms with van der Waals surface area (Å²) in [5.41, 5.74) is 0.609. The number of aromatic nitrogens is 3. The number of nitrogens with zero attached hydrogens (tertiary/aromatic N) is 4. The fourth-order valence-electron chi connectivity index (χ4n) is 1.73. The molecule has 0 aromatic carbocycles. The minimum absolute atomic E-state index is 0.0131. The SMILES string of the molecule is CCOC(=O)c1nc2c(C#N)c(SC)nn2c(O)c1C. The molecule has 104 valence electrons. The topological polar surface area (TPSA) is 101 Å². The molecule has 20 heavy (non-hydrogen) atoms. The predicted molar refractivity (Wildman–Crippen MR) is 71.8 cm³/mol. The Morgan fingerprint density at radius 2 is 2.30 bits per heavy atom. The first-order valence-corrected chi connectivity index (χ1v) is 7.01. The van der Waals surface area contributed by atoms with Gasteiger partial charge in [0.1, 0.15) is 16.7 Å². The number of rotatable bonds is 3. The van der Waals surface area contributed by atoms with Gasteiger partial charge in [-0.15, -0.1) is 11.8 Å². The normalized spacial score (nSPS) is 10.5. The van der Waals surface area contributed by atoms with Gasteiger partial charge >= 0.3 is 5.97 Å². The number of carbonyl (C=O) groups is 1. The molecule has 2 aromatic rings. The molecule has 8 heteroatoms. The average Bonchev–Trinajstić information content (AvgIpc) is 2.80. The van der Waals surface area contributed by atoms with Gasteiger partial charge in [-0.05, 0) is 20.1 Å². The lowest BCUT2D eigenvalue weighted by Crippen LogP contribution is -2.11. The van der Waals surface area contributed by atoms with Gasteiger partial charge in [0.2, 0.25) is 5.88 Å². The Balaban J connectivity index is 2.78. The maximum absolute atomic E-state index is 11.8. The van der Waals surface area contributed by atoms with Crippen molar-refractivity contribution < 1.29 is 14.6 Å². The Kier molecular flexibility index (Phi) is 3.81. The van der Waals surface area contributed by atoms with E-state index < -0.39 is 5.97 Å². The Labute approximate surface area is 119 Å². The quantitative estimate of drug-likeness (QED) is 0.676. The fourth-order valence-corrected chi connectivity index (χ4v) is 2.24. The molecule has 0 fully saturated rings. The highest BCUT2D eigenvalue weighted by atomic mass is 32.2. The standard InChI is InChI=1S/C12H12N4O3S/c1-4-19-12(18)8-6(2)11(17)16-9(14-8)7(5-13)10(15-16)20-3/h17H,4H2,1-3H3. The van der Waals surface area contributed by atoms with Gasteiger partial charge in [0.05, 0.1) is 6.61 Å². The second-order valence-electron chi connectivity index (χ2n) is 3.86. The van der Waals surface area contributed by atoms with Gasteiger partial charge in [-0.25, -0.2) is 9.78 Å². The summed E-state index contributed by atoms with van der Waals surface area (Å²) >= 11 is 1.26. The summed E-state index contributed by atoms with van der Waals surface area (Å²) in [5.74, 6) is -0.867. The molecule has 0 unspecified atom stereocenters. The molecule has 2 heterocycles. The van der Waals surface area contributed by atoms with E-state index >= 15 is 0 Å². The summed E-state index contributed by atoms with van der Waals surface area (Å²) in [5, 5.41) is 23.8. The number of hydrogen-bond acceptors (Lipinski definition) is 7. The van der Waals surface area contributed by atoms with E-state index in [1.54, 1.807) is 20.1 Å². The van der Waals surface area contributed by atoms with E-state index in [2.05, 4.69) is 10.1 Å². The van der Waals surface area contributed by atoms with E-state index in [1.165, 1.54) is 11.8 Å². The number of fused-ring (bicyclic) bond motifs is 1. The molecule has 0 aliphatic heterocycles. The van der Waals surface area contributed by atoms with Gasteiger partial charge in [0.15, 0.2) is 11.3 Å².